The maximum atomic E-state index is 12.5. The van der Waals surface area contributed by atoms with Crippen molar-refractivity contribution in [1.29, 1.82) is 0 Å². The van der Waals surface area contributed by atoms with Crippen molar-refractivity contribution in [3.8, 4) is 17.2 Å². The van der Waals surface area contributed by atoms with E-state index in [4.69, 9.17) is 28.4 Å². The molecule has 1 fully saturated rings. The Morgan fingerprint density at radius 1 is 1.28 bits per heavy atom. The maximum absolute atomic E-state index is 12.5. The van der Waals surface area contributed by atoms with Gasteiger partial charge in [-0.1, -0.05) is 6.08 Å². The van der Waals surface area contributed by atoms with Crippen LogP contribution in [0, 0.1) is 0 Å². The molecular weight excluding hydrogens is 380 g/mol. The molecule has 0 spiro atoms. The van der Waals surface area contributed by atoms with Crippen molar-refractivity contribution in [2.24, 2.45) is 0 Å². The Morgan fingerprint density at radius 2 is 1.97 bits per heavy atom. The summed E-state index contributed by atoms with van der Waals surface area (Å²) in [6.45, 7) is 8.58. The summed E-state index contributed by atoms with van der Waals surface area (Å²) in [7, 11) is 1.50. The van der Waals surface area contributed by atoms with Crippen LogP contribution in [-0.2, 0) is 23.8 Å². The zero-order valence-electron chi connectivity index (χ0n) is 17.4. The third-order valence-electron chi connectivity index (χ3n) is 5.26. The molecule has 8 heteroatoms. The first kappa shape index (κ1) is 21.0. The van der Waals surface area contributed by atoms with Crippen molar-refractivity contribution >= 4 is 11.9 Å². The Kier molecular flexibility index (Phi) is 5.75. The summed E-state index contributed by atoms with van der Waals surface area (Å²) < 4.78 is 32.9. The van der Waals surface area contributed by atoms with Gasteiger partial charge in [0.05, 0.1) is 13.2 Å². The topological polar surface area (TPSA) is 92.8 Å². The molecule has 0 saturated carbocycles. The molecule has 4 unspecified atom stereocenters. The monoisotopic (exact) mass is 406 g/mol. The van der Waals surface area contributed by atoms with E-state index in [1.54, 1.807) is 52.8 Å². The fraction of sp³-hybridized carbons (Fsp3) is 0.524. The van der Waals surface area contributed by atoms with Gasteiger partial charge in [0.25, 0.3) is 0 Å². The van der Waals surface area contributed by atoms with E-state index >= 15 is 0 Å². The quantitative estimate of drug-likeness (QED) is 0.387. The zero-order valence-corrected chi connectivity index (χ0v) is 17.4. The molecule has 158 valence electrons. The van der Waals surface area contributed by atoms with Crippen LogP contribution in [0.2, 0.25) is 0 Å². The van der Waals surface area contributed by atoms with Gasteiger partial charge in [-0.25, -0.2) is 9.59 Å². The number of ether oxygens (including phenoxy) is 6. The van der Waals surface area contributed by atoms with Gasteiger partial charge >= 0.3 is 11.9 Å². The van der Waals surface area contributed by atoms with Gasteiger partial charge in [0.2, 0.25) is 12.5 Å². The number of hydrogen-bond acceptors (Lipinski definition) is 8. The predicted octanol–water partition coefficient (Wildman–Crippen LogP) is 3.08. The Morgan fingerprint density at radius 3 is 2.55 bits per heavy atom. The molecule has 4 atom stereocenters. The van der Waals surface area contributed by atoms with Crippen LogP contribution in [0.1, 0.15) is 46.3 Å². The Bertz CT molecular complexity index is 845. The minimum absolute atomic E-state index is 0.0649. The molecule has 0 bridgehead atoms. The molecule has 2 heterocycles. The van der Waals surface area contributed by atoms with Gasteiger partial charge in [-0.3, -0.25) is 0 Å². The number of carbonyl (C=O) groups excluding carboxylic acids is 2. The molecule has 2 aliphatic heterocycles. The number of allylic oxidation sites excluding steroid dienone is 1. The highest BCUT2D eigenvalue weighted by Gasteiger charge is 2.57. The molecule has 3 rings (SSSR count). The number of hydrogen-bond donors (Lipinski definition) is 0. The van der Waals surface area contributed by atoms with Crippen LogP contribution in [0.25, 0.3) is 0 Å². The third kappa shape index (κ3) is 4.03. The Labute approximate surface area is 169 Å². The molecule has 0 amide bonds. The second-order valence-corrected chi connectivity index (χ2v) is 7.23. The van der Waals surface area contributed by atoms with Crippen molar-refractivity contribution in [3.63, 3.8) is 0 Å². The summed E-state index contributed by atoms with van der Waals surface area (Å²) in [6.07, 6.45) is -0.243. The molecule has 0 aromatic heterocycles. The standard InChI is InChI=1S/C21H26O8/c1-7-11(2)19(22)28-17(12(3)27-20(23)21(5)13(4)29-21)14-8-15(24-6)18-16(9-14)25-10-26-18/h7-9,12-13,17H,10H2,1-6H3/b11-7-. The van der Waals surface area contributed by atoms with Gasteiger partial charge in [-0.2, -0.15) is 0 Å². The number of carbonyl (C=O) groups is 2. The summed E-state index contributed by atoms with van der Waals surface area (Å²) in [4.78, 5) is 25.0. The number of epoxide rings is 1. The molecule has 1 aromatic rings. The van der Waals surface area contributed by atoms with Gasteiger partial charge in [0, 0.05) is 11.1 Å². The van der Waals surface area contributed by atoms with Gasteiger partial charge in [0.1, 0.15) is 6.10 Å². The van der Waals surface area contributed by atoms with Crippen LogP contribution < -0.4 is 14.2 Å². The van der Waals surface area contributed by atoms with Gasteiger partial charge in [-0.05, 0) is 46.8 Å². The normalized spacial score (nSPS) is 24.5. The maximum Gasteiger partial charge on any atom is 0.341 e. The predicted molar refractivity (Wildman–Crippen MR) is 102 cm³/mol. The van der Waals surface area contributed by atoms with Crippen LogP contribution in [-0.4, -0.2) is 43.7 Å². The number of methoxy groups -OCH3 is 1. The van der Waals surface area contributed by atoms with Crippen LogP contribution in [0.15, 0.2) is 23.8 Å². The lowest BCUT2D eigenvalue weighted by atomic mass is 10.0. The van der Waals surface area contributed by atoms with E-state index in [-0.39, 0.29) is 12.9 Å². The number of rotatable bonds is 7. The average molecular weight is 406 g/mol. The molecule has 1 saturated heterocycles. The molecule has 1 aromatic carbocycles. The van der Waals surface area contributed by atoms with Gasteiger partial charge in [0.15, 0.2) is 23.2 Å². The minimum atomic E-state index is -0.978. The summed E-state index contributed by atoms with van der Waals surface area (Å²) in [6, 6.07) is 3.37. The molecule has 29 heavy (non-hydrogen) atoms. The highest BCUT2D eigenvalue weighted by molar-refractivity contribution is 5.88. The third-order valence-corrected chi connectivity index (χ3v) is 5.26. The minimum Gasteiger partial charge on any atom is -0.493 e. The fourth-order valence-corrected chi connectivity index (χ4v) is 2.97. The largest absolute Gasteiger partial charge is 0.493 e. The molecule has 0 aliphatic carbocycles. The van der Waals surface area contributed by atoms with Gasteiger partial charge in [-0.15, -0.1) is 0 Å². The average Bonchev–Trinajstić information content (AvgIpc) is 3.09. The molecule has 0 radical (unpaired) electrons. The van der Waals surface area contributed by atoms with Gasteiger partial charge < -0.3 is 28.4 Å². The van der Waals surface area contributed by atoms with Crippen molar-refractivity contribution in [3.05, 3.63) is 29.3 Å². The first-order chi connectivity index (χ1) is 13.7. The number of benzene rings is 1. The van der Waals surface area contributed by atoms with Crippen LogP contribution in [0.4, 0.5) is 0 Å². The van der Waals surface area contributed by atoms with E-state index in [9.17, 15) is 9.59 Å². The fourth-order valence-electron chi connectivity index (χ4n) is 2.97. The van der Waals surface area contributed by atoms with E-state index in [0.717, 1.165) is 0 Å². The SMILES string of the molecule is C/C=C(/C)C(=O)OC(c1cc(OC)c2c(c1)OCO2)C(C)OC(=O)C1(C)OC1C. The summed E-state index contributed by atoms with van der Waals surface area (Å²) in [5.41, 5.74) is 0.0140. The van der Waals surface area contributed by atoms with E-state index in [0.29, 0.717) is 28.4 Å². The lowest BCUT2D eigenvalue weighted by Gasteiger charge is -2.26. The van der Waals surface area contributed by atoms with Crippen molar-refractivity contribution < 1.29 is 38.0 Å². The van der Waals surface area contributed by atoms with Crippen molar-refractivity contribution in [1.82, 2.24) is 0 Å². The van der Waals surface area contributed by atoms with E-state index in [1.807, 2.05) is 0 Å². The Balaban J connectivity index is 1.91. The molecular formula is C21H26O8. The highest BCUT2D eigenvalue weighted by Crippen LogP contribution is 2.44. The molecule has 2 aliphatic rings. The summed E-state index contributed by atoms with van der Waals surface area (Å²) in [5.74, 6) is 0.354. The highest BCUT2D eigenvalue weighted by atomic mass is 16.7. The van der Waals surface area contributed by atoms with E-state index in [2.05, 4.69) is 0 Å². The lowest BCUT2D eigenvalue weighted by Crippen LogP contribution is -2.33. The second-order valence-electron chi connectivity index (χ2n) is 7.23. The van der Waals surface area contributed by atoms with Crippen molar-refractivity contribution in [2.75, 3.05) is 13.9 Å². The first-order valence-corrected chi connectivity index (χ1v) is 9.41. The van der Waals surface area contributed by atoms with E-state index < -0.39 is 29.7 Å². The zero-order chi connectivity index (χ0) is 21.3. The van der Waals surface area contributed by atoms with Crippen LogP contribution >= 0.6 is 0 Å². The van der Waals surface area contributed by atoms with Crippen LogP contribution in [0.3, 0.4) is 0 Å². The van der Waals surface area contributed by atoms with Crippen LogP contribution in [0.5, 0.6) is 17.2 Å². The van der Waals surface area contributed by atoms with Crippen molar-refractivity contribution in [2.45, 2.75) is 58.5 Å². The second kappa shape index (κ2) is 7.94. The molecule has 0 N–H and O–H groups in total. The smallest absolute Gasteiger partial charge is 0.341 e. The Hall–Kier alpha value is -2.74. The first-order valence-electron chi connectivity index (χ1n) is 9.41. The summed E-state index contributed by atoms with van der Waals surface area (Å²) >= 11 is 0. The van der Waals surface area contributed by atoms with E-state index in [1.165, 1.54) is 7.11 Å². The number of esters is 2. The lowest BCUT2D eigenvalue weighted by molar-refractivity contribution is -0.168. The number of fused-ring (bicyclic) bond motifs is 1. The molecule has 8 nitrogen and oxygen atoms in total. The summed E-state index contributed by atoms with van der Waals surface area (Å²) in [5, 5.41) is 0.